The monoisotopic (exact) mass is 263 g/mol. The zero-order chi connectivity index (χ0) is 13.1. The first-order chi connectivity index (χ1) is 8.61. The van der Waals surface area contributed by atoms with Gasteiger partial charge in [0.15, 0.2) is 5.16 Å². The van der Waals surface area contributed by atoms with Crippen LogP contribution in [0.25, 0.3) is 5.69 Å². The van der Waals surface area contributed by atoms with Gasteiger partial charge in [0.25, 0.3) is 0 Å². The van der Waals surface area contributed by atoms with Crippen molar-refractivity contribution in [1.29, 1.82) is 0 Å². The summed E-state index contributed by atoms with van der Waals surface area (Å²) in [5.41, 5.74) is 0.565. The number of H-pyrrole nitrogens is 1. The number of hydrogen-bond donors (Lipinski definition) is 1. The molecule has 0 saturated carbocycles. The van der Waals surface area contributed by atoms with Crippen molar-refractivity contribution in [2.24, 2.45) is 0 Å². The van der Waals surface area contributed by atoms with E-state index in [1.807, 2.05) is 26.0 Å². The van der Waals surface area contributed by atoms with Gasteiger partial charge in [0.2, 0.25) is 0 Å². The maximum Gasteiger partial charge on any atom is 0.358 e. The Morgan fingerprint density at radius 1 is 1.28 bits per heavy atom. The molecule has 94 valence electrons. The highest BCUT2D eigenvalue weighted by Gasteiger charge is 2.07. The number of aromatic amines is 1. The Bertz CT molecular complexity index is 627. The molecule has 0 atom stereocenters. The van der Waals surface area contributed by atoms with Gasteiger partial charge in [-0.05, 0) is 24.8 Å². The van der Waals surface area contributed by atoms with Crippen LogP contribution in [0.2, 0.25) is 0 Å². The molecule has 1 N–H and O–H groups in total. The molecule has 0 aliphatic carbocycles. The predicted octanol–water partition coefficient (Wildman–Crippen LogP) is 1.34. The van der Waals surface area contributed by atoms with E-state index in [1.165, 1.54) is 11.8 Å². The minimum Gasteiger partial charge on any atom is -0.286 e. The van der Waals surface area contributed by atoms with Crippen LogP contribution in [0.15, 0.2) is 39.0 Å². The van der Waals surface area contributed by atoms with Gasteiger partial charge in [0.1, 0.15) is 0 Å². The molecule has 0 amide bonds. The van der Waals surface area contributed by atoms with E-state index in [1.54, 1.807) is 12.1 Å². The van der Waals surface area contributed by atoms with Crippen LogP contribution in [0.3, 0.4) is 0 Å². The van der Waals surface area contributed by atoms with Gasteiger partial charge in [0.05, 0.1) is 5.69 Å². The molecule has 18 heavy (non-hydrogen) atoms. The molecule has 1 aromatic carbocycles. The van der Waals surface area contributed by atoms with Crippen LogP contribution in [0.1, 0.15) is 12.5 Å². The van der Waals surface area contributed by atoms with Gasteiger partial charge in [-0.25, -0.2) is 14.2 Å². The normalized spacial score (nSPS) is 10.6. The Balaban J connectivity index is 2.55. The second-order valence-electron chi connectivity index (χ2n) is 3.73. The Hall–Kier alpha value is -1.82. The largest absolute Gasteiger partial charge is 0.358 e. The Morgan fingerprint density at radius 3 is 2.50 bits per heavy atom. The third kappa shape index (κ3) is 2.53. The molecular weight excluding hydrogens is 250 g/mol. The summed E-state index contributed by atoms with van der Waals surface area (Å²) in [7, 11) is 0. The van der Waals surface area contributed by atoms with Crippen LogP contribution in [0.4, 0.5) is 0 Å². The topological polar surface area (TPSA) is 67.8 Å². The lowest BCUT2D eigenvalue weighted by Gasteiger charge is -2.05. The zero-order valence-electron chi connectivity index (χ0n) is 10.1. The smallest absolute Gasteiger partial charge is 0.286 e. The van der Waals surface area contributed by atoms with Crippen LogP contribution in [-0.4, -0.2) is 20.3 Å². The second-order valence-corrected chi connectivity index (χ2v) is 4.99. The molecule has 0 aliphatic heterocycles. The second kappa shape index (κ2) is 5.22. The lowest BCUT2D eigenvalue weighted by Crippen LogP contribution is -2.36. The van der Waals surface area contributed by atoms with Crippen LogP contribution >= 0.6 is 11.8 Å². The fourth-order valence-corrected chi connectivity index (χ4v) is 2.10. The van der Waals surface area contributed by atoms with E-state index in [0.29, 0.717) is 10.8 Å². The van der Waals surface area contributed by atoms with E-state index in [9.17, 15) is 9.59 Å². The molecule has 2 rings (SSSR count). The maximum atomic E-state index is 11.9. The standard InChI is InChI=1S/C12H13N3O2S/c1-3-18-10-13-11(16)15(12(17)14-10)9-6-4-8(2)5-7-9/h4-7H,3H2,1-2H3,(H,13,14,16,17). The molecule has 6 heteroatoms. The average Bonchev–Trinajstić information content (AvgIpc) is 2.31. The van der Waals surface area contributed by atoms with E-state index in [0.717, 1.165) is 15.9 Å². The highest BCUT2D eigenvalue weighted by molar-refractivity contribution is 7.99. The Labute approximate surface area is 108 Å². The van der Waals surface area contributed by atoms with E-state index >= 15 is 0 Å². The minimum atomic E-state index is -0.557. The number of aryl methyl sites for hydroxylation is 1. The van der Waals surface area contributed by atoms with Crippen LogP contribution in [0.5, 0.6) is 0 Å². The SMILES string of the molecule is CCSc1nc(=O)n(-c2ccc(C)cc2)c(=O)[nH]1. The number of aromatic nitrogens is 3. The molecule has 0 radical (unpaired) electrons. The van der Waals surface area contributed by atoms with Crippen molar-refractivity contribution in [2.75, 3.05) is 5.75 Å². The summed E-state index contributed by atoms with van der Waals surface area (Å²) >= 11 is 1.33. The van der Waals surface area contributed by atoms with E-state index < -0.39 is 11.4 Å². The van der Waals surface area contributed by atoms with Crippen molar-refractivity contribution >= 4 is 11.8 Å². The molecular formula is C12H13N3O2S. The van der Waals surface area contributed by atoms with Crippen molar-refractivity contribution < 1.29 is 0 Å². The van der Waals surface area contributed by atoms with Gasteiger partial charge < -0.3 is 0 Å². The van der Waals surface area contributed by atoms with Gasteiger partial charge in [-0.3, -0.25) is 4.98 Å². The van der Waals surface area contributed by atoms with Crippen LogP contribution < -0.4 is 11.4 Å². The summed E-state index contributed by atoms with van der Waals surface area (Å²) in [6.45, 7) is 3.87. The molecule has 0 fully saturated rings. The fraction of sp³-hybridized carbons (Fsp3) is 0.250. The van der Waals surface area contributed by atoms with E-state index in [4.69, 9.17) is 0 Å². The molecule has 0 bridgehead atoms. The number of nitrogens with one attached hydrogen (secondary N) is 1. The fourth-order valence-electron chi connectivity index (χ4n) is 1.53. The third-order valence-corrected chi connectivity index (χ3v) is 3.13. The number of nitrogens with zero attached hydrogens (tertiary/aromatic N) is 2. The highest BCUT2D eigenvalue weighted by atomic mass is 32.2. The third-order valence-electron chi connectivity index (χ3n) is 2.38. The van der Waals surface area contributed by atoms with Crippen molar-refractivity contribution in [3.05, 3.63) is 50.8 Å². The molecule has 2 aromatic rings. The lowest BCUT2D eigenvalue weighted by atomic mass is 10.2. The Kier molecular flexibility index (Phi) is 3.66. The first-order valence-corrected chi connectivity index (χ1v) is 6.53. The molecule has 0 spiro atoms. The van der Waals surface area contributed by atoms with E-state index in [-0.39, 0.29) is 0 Å². The molecule has 0 saturated heterocycles. The number of rotatable bonds is 3. The summed E-state index contributed by atoms with van der Waals surface area (Å²) < 4.78 is 1.03. The van der Waals surface area contributed by atoms with Gasteiger partial charge in [0, 0.05) is 0 Å². The lowest BCUT2D eigenvalue weighted by molar-refractivity contribution is 0.742. The summed E-state index contributed by atoms with van der Waals surface area (Å²) in [5.74, 6) is 0.747. The Morgan fingerprint density at radius 2 is 1.94 bits per heavy atom. The number of hydrogen-bond acceptors (Lipinski definition) is 4. The summed E-state index contributed by atoms with van der Waals surface area (Å²) in [6, 6.07) is 7.13. The molecule has 5 nitrogen and oxygen atoms in total. The molecule has 0 unspecified atom stereocenters. The van der Waals surface area contributed by atoms with Crippen molar-refractivity contribution in [3.63, 3.8) is 0 Å². The van der Waals surface area contributed by atoms with Crippen LogP contribution in [0, 0.1) is 6.92 Å². The number of benzene rings is 1. The molecule has 1 aromatic heterocycles. The first-order valence-electron chi connectivity index (χ1n) is 5.55. The minimum absolute atomic E-state index is 0.357. The average molecular weight is 263 g/mol. The summed E-state index contributed by atoms with van der Waals surface area (Å²) in [5, 5.41) is 0.357. The van der Waals surface area contributed by atoms with Crippen molar-refractivity contribution in [3.8, 4) is 5.69 Å². The quantitative estimate of drug-likeness (QED) is 0.849. The zero-order valence-corrected chi connectivity index (χ0v) is 11.0. The molecule has 0 aliphatic rings. The van der Waals surface area contributed by atoms with E-state index in [2.05, 4.69) is 9.97 Å². The summed E-state index contributed by atoms with van der Waals surface area (Å²) in [4.78, 5) is 30.1. The van der Waals surface area contributed by atoms with Gasteiger partial charge in [-0.15, -0.1) is 0 Å². The van der Waals surface area contributed by atoms with Crippen LogP contribution in [-0.2, 0) is 0 Å². The predicted molar refractivity (Wildman–Crippen MR) is 71.6 cm³/mol. The van der Waals surface area contributed by atoms with Gasteiger partial charge in [-0.1, -0.05) is 36.4 Å². The van der Waals surface area contributed by atoms with Gasteiger partial charge in [-0.2, -0.15) is 4.98 Å². The number of thioether (sulfide) groups is 1. The maximum absolute atomic E-state index is 11.9. The molecule has 1 heterocycles. The van der Waals surface area contributed by atoms with Crippen molar-refractivity contribution in [2.45, 2.75) is 19.0 Å². The highest BCUT2D eigenvalue weighted by Crippen LogP contribution is 2.08. The van der Waals surface area contributed by atoms with Gasteiger partial charge >= 0.3 is 11.4 Å². The summed E-state index contributed by atoms with van der Waals surface area (Å²) in [6.07, 6.45) is 0. The first kappa shape index (κ1) is 12.6. The van der Waals surface area contributed by atoms with Crippen molar-refractivity contribution in [1.82, 2.24) is 14.5 Å².